The molecule has 0 aliphatic carbocycles. The molecule has 6 heteroatoms. The smallest absolute Gasteiger partial charge is 0.317 e. The summed E-state index contributed by atoms with van der Waals surface area (Å²) < 4.78 is 5.69. The fraction of sp³-hybridized carbons (Fsp3) is 0.579. The van der Waals surface area contributed by atoms with E-state index in [1.807, 2.05) is 41.8 Å². The Morgan fingerprint density at radius 1 is 1.32 bits per heavy atom. The van der Waals surface area contributed by atoms with Crippen molar-refractivity contribution in [2.75, 3.05) is 26.2 Å². The number of amides is 1. The minimum Gasteiger partial charge on any atom is -0.490 e. The van der Waals surface area contributed by atoms with Gasteiger partial charge in [0.1, 0.15) is 11.9 Å². The first kappa shape index (κ1) is 17.7. The van der Waals surface area contributed by atoms with Crippen molar-refractivity contribution in [2.45, 2.75) is 45.3 Å². The van der Waals surface area contributed by atoms with Crippen LogP contribution < -0.4 is 4.74 Å². The third-order valence-electron chi connectivity index (χ3n) is 5.16. The van der Waals surface area contributed by atoms with Crippen molar-refractivity contribution in [1.82, 2.24) is 9.80 Å². The van der Waals surface area contributed by atoms with E-state index in [9.17, 15) is 9.59 Å². The monoisotopic (exact) mass is 346 g/mol. The SMILES string of the molecule is CCN(CC(=O)O)C1CCN(C(=O)c2ccc3c(c2)CC(C)O3)CC1. The number of rotatable bonds is 5. The van der Waals surface area contributed by atoms with Gasteiger partial charge in [-0.3, -0.25) is 14.5 Å². The molecule has 1 saturated heterocycles. The Morgan fingerprint density at radius 3 is 2.68 bits per heavy atom. The number of nitrogens with zero attached hydrogens (tertiary/aromatic N) is 2. The number of ether oxygens (including phenoxy) is 1. The molecule has 2 aliphatic heterocycles. The number of benzene rings is 1. The number of carboxylic acid groups (broad SMARTS) is 1. The van der Waals surface area contributed by atoms with Gasteiger partial charge in [0.2, 0.25) is 0 Å². The number of fused-ring (bicyclic) bond motifs is 1. The average molecular weight is 346 g/mol. The van der Waals surface area contributed by atoms with Crippen LogP contribution in [0, 0.1) is 0 Å². The van der Waals surface area contributed by atoms with E-state index >= 15 is 0 Å². The highest BCUT2D eigenvalue weighted by molar-refractivity contribution is 5.94. The molecule has 1 unspecified atom stereocenters. The van der Waals surface area contributed by atoms with Crippen molar-refractivity contribution in [3.63, 3.8) is 0 Å². The van der Waals surface area contributed by atoms with Crippen molar-refractivity contribution in [3.8, 4) is 5.75 Å². The van der Waals surface area contributed by atoms with E-state index in [1.165, 1.54) is 0 Å². The van der Waals surface area contributed by atoms with Crippen LogP contribution in [0.1, 0.15) is 42.6 Å². The molecule has 25 heavy (non-hydrogen) atoms. The van der Waals surface area contributed by atoms with Crippen molar-refractivity contribution in [2.24, 2.45) is 0 Å². The molecule has 0 saturated carbocycles. The summed E-state index contributed by atoms with van der Waals surface area (Å²) in [6.07, 6.45) is 2.65. The predicted molar refractivity (Wildman–Crippen MR) is 94.0 cm³/mol. The molecule has 3 rings (SSSR count). The van der Waals surface area contributed by atoms with Crippen molar-refractivity contribution in [1.29, 1.82) is 0 Å². The number of hydrogen-bond donors (Lipinski definition) is 1. The van der Waals surface area contributed by atoms with E-state index in [4.69, 9.17) is 9.84 Å². The van der Waals surface area contributed by atoms with Crippen LogP contribution in [-0.4, -0.2) is 65.1 Å². The average Bonchev–Trinajstić information content (AvgIpc) is 2.98. The summed E-state index contributed by atoms with van der Waals surface area (Å²) in [5.41, 5.74) is 1.82. The highest BCUT2D eigenvalue weighted by Gasteiger charge is 2.28. The molecule has 1 N–H and O–H groups in total. The molecule has 136 valence electrons. The molecule has 1 fully saturated rings. The number of carboxylic acids is 1. The van der Waals surface area contributed by atoms with Gasteiger partial charge in [0.05, 0.1) is 6.54 Å². The summed E-state index contributed by atoms with van der Waals surface area (Å²) in [5, 5.41) is 9.01. The van der Waals surface area contributed by atoms with Crippen LogP contribution in [0.3, 0.4) is 0 Å². The van der Waals surface area contributed by atoms with Gasteiger partial charge >= 0.3 is 5.97 Å². The van der Waals surface area contributed by atoms with Crippen molar-refractivity contribution in [3.05, 3.63) is 29.3 Å². The molecule has 0 bridgehead atoms. The fourth-order valence-corrected chi connectivity index (χ4v) is 3.84. The fourth-order valence-electron chi connectivity index (χ4n) is 3.84. The maximum absolute atomic E-state index is 12.8. The minimum absolute atomic E-state index is 0.0575. The molecule has 1 aromatic carbocycles. The number of piperidine rings is 1. The van der Waals surface area contributed by atoms with E-state index < -0.39 is 5.97 Å². The number of hydrogen-bond acceptors (Lipinski definition) is 4. The summed E-state index contributed by atoms with van der Waals surface area (Å²) >= 11 is 0. The third-order valence-corrected chi connectivity index (χ3v) is 5.16. The molecule has 1 atom stereocenters. The quantitative estimate of drug-likeness (QED) is 0.883. The second kappa shape index (κ2) is 7.44. The molecule has 1 amide bonds. The van der Waals surface area contributed by atoms with Gasteiger partial charge in [0.25, 0.3) is 5.91 Å². The van der Waals surface area contributed by atoms with Crippen LogP contribution in [0.4, 0.5) is 0 Å². The van der Waals surface area contributed by atoms with Gasteiger partial charge in [0.15, 0.2) is 0 Å². The maximum Gasteiger partial charge on any atom is 0.317 e. The van der Waals surface area contributed by atoms with Gasteiger partial charge in [-0.05, 0) is 50.1 Å². The molecule has 0 aromatic heterocycles. The first-order valence-electron chi connectivity index (χ1n) is 9.02. The van der Waals surface area contributed by atoms with Gasteiger partial charge in [-0.2, -0.15) is 0 Å². The molecule has 0 spiro atoms. The van der Waals surface area contributed by atoms with Crippen LogP contribution in [0.25, 0.3) is 0 Å². The lowest BCUT2D eigenvalue weighted by Crippen LogP contribution is -2.48. The zero-order chi connectivity index (χ0) is 18.0. The summed E-state index contributed by atoms with van der Waals surface area (Å²) in [7, 11) is 0. The summed E-state index contributed by atoms with van der Waals surface area (Å²) in [6, 6.07) is 5.92. The van der Waals surface area contributed by atoms with E-state index in [-0.39, 0.29) is 24.6 Å². The minimum atomic E-state index is -0.796. The lowest BCUT2D eigenvalue weighted by Gasteiger charge is -2.37. The largest absolute Gasteiger partial charge is 0.490 e. The highest BCUT2D eigenvalue weighted by atomic mass is 16.5. The van der Waals surface area contributed by atoms with E-state index in [2.05, 4.69) is 0 Å². The Hall–Kier alpha value is -2.08. The third kappa shape index (κ3) is 3.95. The topological polar surface area (TPSA) is 70.1 Å². The number of aliphatic carboxylic acids is 1. The van der Waals surface area contributed by atoms with Gasteiger partial charge < -0.3 is 14.7 Å². The predicted octanol–water partition coefficient (Wildman–Crippen LogP) is 2.02. The van der Waals surface area contributed by atoms with E-state index in [0.717, 1.165) is 30.6 Å². The molecule has 2 heterocycles. The first-order chi connectivity index (χ1) is 12.0. The van der Waals surface area contributed by atoms with Crippen LogP contribution in [0.2, 0.25) is 0 Å². The van der Waals surface area contributed by atoms with Crippen molar-refractivity contribution < 1.29 is 19.4 Å². The second-order valence-electron chi connectivity index (χ2n) is 6.94. The standard InChI is InChI=1S/C19H26N2O4/c1-3-20(12-18(22)23)16-6-8-21(9-7-16)19(24)14-4-5-17-15(11-14)10-13(2)25-17/h4-5,11,13,16H,3,6-10,12H2,1-2H3,(H,22,23). The normalized spacial score (nSPS) is 20.4. The lowest BCUT2D eigenvalue weighted by atomic mass is 10.0. The highest BCUT2D eigenvalue weighted by Crippen LogP contribution is 2.30. The van der Waals surface area contributed by atoms with Crippen LogP contribution in [-0.2, 0) is 11.2 Å². The van der Waals surface area contributed by atoms with Crippen LogP contribution in [0.15, 0.2) is 18.2 Å². The summed E-state index contributed by atoms with van der Waals surface area (Å²) in [5.74, 6) is 0.145. The van der Waals surface area contributed by atoms with Crippen LogP contribution >= 0.6 is 0 Å². The number of likely N-dealkylation sites (N-methyl/N-ethyl adjacent to an activating group) is 1. The van der Waals surface area contributed by atoms with Crippen molar-refractivity contribution >= 4 is 11.9 Å². The molecular weight excluding hydrogens is 320 g/mol. The Morgan fingerprint density at radius 2 is 2.04 bits per heavy atom. The Bertz CT molecular complexity index is 653. The zero-order valence-electron chi connectivity index (χ0n) is 14.9. The second-order valence-corrected chi connectivity index (χ2v) is 6.94. The zero-order valence-corrected chi connectivity index (χ0v) is 14.9. The molecule has 2 aliphatic rings. The van der Waals surface area contributed by atoms with Gasteiger partial charge in [-0.25, -0.2) is 0 Å². The van der Waals surface area contributed by atoms with Gasteiger partial charge in [-0.1, -0.05) is 6.92 Å². The van der Waals surface area contributed by atoms with Crippen LogP contribution in [0.5, 0.6) is 5.75 Å². The summed E-state index contributed by atoms with van der Waals surface area (Å²) in [4.78, 5) is 27.6. The lowest BCUT2D eigenvalue weighted by molar-refractivity contribution is -0.139. The Labute approximate surface area is 148 Å². The van der Waals surface area contributed by atoms with Gasteiger partial charge in [0, 0.05) is 31.1 Å². The maximum atomic E-state index is 12.8. The number of likely N-dealkylation sites (tertiary alicyclic amines) is 1. The molecule has 0 radical (unpaired) electrons. The molecule has 1 aromatic rings. The molecular formula is C19H26N2O4. The van der Waals surface area contributed by atoms with E-state index in [1.54, 1.807) is 0 Å². The summed E-state index contributed by atoms with van der Waals surface area (Å²) in [6.45, 7) is 6.14. The molecule has 6 nitrogen and oxygen atoms in total. The number of carbonyl (C=O) groups is 2. The number of carbonyl (C=O) groups excluding carboxylic acids is 1. The van der Waals surface area contributed by atoms with Gasteiger partial charge in [-0.15, -0.1) is 0 Å². The first-order valence-corrected chi connectivity index (χ1v) is 9.02. The Balaban J connectivity index is 1.60. The van der Waals surface area contributed by atoms with E-state index in [0.29, 0.717) is 25.2 Å². The Kier molecular flexibility index (Phi) is 5.27.